The Bertz CT molecular complexity index is 1560. The van der Waals surface area contributed by atoms with E-state index >= 15 is 0 Å². The maximum absolute atomic E-state index is 13.4. The van der Waals surface area contributed by atoms with Crippen LogP contribution < -0.4 is 20.1 Å². The number of sulfonamides is 1. The lowest BCUT2D eigenvalue weighted by Gasteiger charge is -2.42. The van der Waals surface area contributed by atoms with E-state index in [0.717, 1.165) is 62.3 Å². The number of fused-ring (bicyclic) bond motifs is 4. The number of aryl methyl sites for hydroxylation is 2. The van der Waals surface area contributed by atoms with Crippen molar-refractivity contribution in [3.05, 3.63) is 65.2 Å². The molecule has 42 heavy (non-hydrogen) atoms. The summed E-state index contributed by atoms with van der Waals surface area (Å²) in [6, 6.07) is 13.8. The zero-order valence-corrected chi connectivity index (χ0v) is 25.0. The molecular weight excluding hydrogens is 552 g/mol. The minimum Gasteiger partial charge on any atom is -0.477 e. The minimum absolute atomic E-state index is 0.0415. The Balaban J connectivity index is 1.36. The van der Waals surface area contributed by atoms with Gasteiger partial charge in [-0.15, -0.1) is 0 Å². The van der Waals surface area contributed by atoms with Crippen LogP contribution in [-0.2, 0) is 10.0 Å². The molecule has 0 saturated carbocycles. The summed E-state index contributed by atoms with van der Waals surface area (Å²) in [6.45, 7) is 9.84. The summed E-state index contributed by atoms with van der Waals surface area (Å²) in [5.74, 6) is 0.579. The predicted octanol–water partition coefficient (Wildman–Crippen LogP) is 3.38. The van der Waals surface area contributed by atoms with Crippen LogP contribution in [0.15, 0.2) is 53.4 Å². The van der Waals surface area contributed by atoms with Crippen molar-refractivity contribution in [3.8, 4) is 17.1 Å². The highest BCUT2D eigenvalue weighted by Gasteiger charge is 2.37. The van der Waals surface area contributed by atoms with Gasteiger partial charge < -0.3 is 20.3 Å². The third-order valence-electron chi connectivity index (χ3n) is 8.82. The van der Waals surface area contributed by atoms with Gasteiger partial charge in [0, 0.05) is 35.7 Å². The Morgan fingerprint density at radius 2 is 1.81 bits per heavy atom. The van der Waals surface area contributed by atoms with Gasteiger partial charge in [-0.1, -0.05) is 24.3 Å². The summed E-state index contributed by atoms with van der Waals surface area (Å²) in [5, 5.41) is 6.54. The van der Waals surface area contributed by atoms with E-state index in [1.54, 1.807) is 18.2 Å². The Labute approximate surface area is 247 Å². The van der Waals surface area contributed by atoms with E-state index in [1.807, 2.05) is 32.0 Å². The number of benzene rings is 2. The number of nitrogens with one attached hydrogen (secondary N) is 3. The Hall–Kier alpha value is -3.54. The van der Waals surface area contributed by atoms with Gasteiger partial charge in [-0.2, -0.15) is 4.98 Å². The van der Waals surface area contributed by atoms with Crippen molar-refractivity contribution in [2.75, 3.05) is 50.6 Å². The van der Waals surface area contributed by atoms with Gasteiger partial charge in [0.25, 0.3) is 15.9 Å². The van der Waals surface area contributed by atoms with Crippen LogP contribution in [0.3, 0.4) is 0 Å². The van der Waals surface area contributed by atoms with Crippen LogP contribution in [0.5, 0.6) is 5.88 Å². The standard InChI is InChI=1S/C31H38N6O4S/c1-21-5-3-6-22(2)28(21)26-16-27-35-30(34-26)36-42(39,40)25-8-4-7-24(15-25)29(38)33-19-31(20-41-27)10-13-37(14-11-31)18-23-9-12-32-17-23/h3-8,15-16,23,32H,9-14,17-20H2,1-2H3,(H,33,38)(H,34,35,36). The van der Waals surface area contributed by atoms with Gasteiger partial charge in [0.2, 0.25) is 11.8 Å². The van der Waals surface area contributed by atoms with Gasteiger partial charge in [0.15, 0.2) is 0 Å². The SMILES string of the molecule is Cc1cccc(C)c1-c1cc2nc(n1)NS(=O)(=O)c1cccc(c1)C(=O)NCC1(CCN(CC3CCNC3)CC1)CO2. The first kappa shape index (κ1) is 28.6. The maximum Gasteiger partial charge on any atom is 0.264 e. The molecule has 1 spiro atoms. The molecule has 222 valence electrons. The van der Waals surface area contributed by atoms with Gasteiger partial charge in [0.1, 0.15) is 0 Å². The number of likely N-dealkylation sites (tertiary alicyclic amines) is 1. The number of carbonyl (C=O) groups is 1. The molecule has 0 aliphatic carbocycles. The van der Waals surface area contributed by atoms with Crippen molar-refractivity contribution in [3.63, 3.8) is 0 Å². The first-order chi connectivity index (χ1) is 20.2. The van der Waals surface area contributed by atoms with Crippen LogP contribution in [0.1, 0.15) is 40.7 Å². The summed E-state index contributed by atoms with van der Waals surface area (Å²) in [6.07, 6.45) is 2.94. The number of hydrogen-bond donors (Lipinski definition) is 3. The zero-order valence-electron chi connectivity index (χ0n) is 24.2. The fraction of sp³-hybridized carbons (Fsp3) is 0.452. The number of aromatic nitrogens is 2. The molecule has 10 nitrogen and oxygen atoms in total. The number of carbonyl (C=O) groups excluding carboxylic acids is 1. The summed E-state index contributed by atoms with van der Waals surface area (Å²) in [4.78, 5) is 24.8. The van der Waals surface area contributed by atoms with Crippen molar-refractivity contribution in [1.82, 2.24) is 25.5 Å². The second-order valence-electron chi connectivity index (χ2n) is 11.9. The van der Waals surface area contributed by atoms with Crippen LogP contribution in [0, 0.1) is 25.2 Å². The van der Waals surface area contributed by atoms with E-state index in [4.69, 9.17) is 4.74 Å². The normalized spacial score (nSPS) is 22.0. The zero-order chi connectivity index (χ0) is 29.3. The maximum atomic E-state index is 13.4. The van der Waals surface area contributed by atoms with Crippen LogP contribution >= 0.6 is 0 Å². The summed E-state index contributed by atoms with van der Waals surface area (Å²) < 4.78 is 35.6. The lowest BCUT2D eigenvalue weighted by atomic mass is 9.78. The Kier molecular flexibility index (Phi) is 7.91. The molecule has 2 aromatic carbocycles. The fourth-order valence-corrected chi connectivity index (χ4v) is 7.28. The molecule has 6 rings (SSSR count). The summed E-state index contributed by atoms with van der Waals surface area (Å²) >= 11 is 0. The van der Waals surface area contributed by atoms with Gasteiger partial charge in [0.05, 0.1) is 17.2 Å². The second-order valence-corrected chi connectivity index (χ2v) is 13.6. The third kappa shape index (κ3) is 6.13. The van der Waals surface area contributed by atoms with E-state index in [-0.39, 0.29) is 33.6 Å². The van der Waals surface area contributed by atoms with Crippen molar-refractivity contribution in [2.24, 2.45) is 11.3 Å². The third-order valence-corrected chi connectivity index (χ3v) is 10.1. The first-order valence-corrected chi connectivity index (χ1v) is 16.1. The summed E-state index contributed by atoms with van der Waals surface area (Å²) in [5.41, 5.74) is 3.49. The van der Waals surface area contributed by atoms with E-state index in [0.29, 0.717) is 24.8 Å². The van der Waals surface area contributed by atoms with Crippen molar-refractivity contribution in [2.45, 2.75) is 38.0 Å². The molecule has 3 aliphatic heterocycles. The molecule has 2 fully saturated rings. The number of nitrogens with zero attached hydrogens (tertiary/aromatic N) is 3. The van der Waals surface area contributed by atoms with Crippen LogP contribution in [0.2, 0.25) is 0 Å². The lowest BCUT2D eigenvalue weighted by molar-refractivity contribution is 0.0453. The Morgan fingerprint density at radius 1 is 1.05 bits per heavy atom. The fourth-order valence-electron chi connectivity index (χ4n) is 6.29. The second kappa shape index (κ2) is 11.6. The highest BCUT2D eigenvalue weighted by atomic mass is 32.2. The molecule has 3 aliphatic rings. The van der Waals surface area contributed by atoms with Crippen LogP contribution in [-0.4, -0.2) is 75.1 Å². The van der Waals surface area contributed by atoms with E-state index in [2.05, 4.69) is 30.2 Å². The smallest absolute Gasteiger partial charge is 0.264 e. The molecule has 11 heteroatoms. The van der Waals surface area contributed by atoms with Crippen molar-refractivity contribution in [1.29, 1.82) is 0 Å². The molecule has 4 heterocycles. The molecule has 4 bridgehead atoms. The van der Waals surface area contributed by atoms with Crippen molar-refractivity contribution < 1.29 is 17.9 Å². The number of ether oxygens (including phenoxy) is 1. The first-order valence-electron chi connectivity index (χ1n) is 14.6. The largest absolute Gasteiger partial charge is 0.477 e. The molecule has 1 atom stereocenters. The Morgan fingerprint density at radius 3 is 2.55 bits per heavy atom. The summed E-state index contributed by atoms with van der Waals surface area (Å²) in [7, 11) is -4.07. The number of piperidine rings is 1. The average molecular weight is 591 g/mol. The molecule has 2 saturated heterocycles. The van der Waals surface area contributed by atoms with E-state index < -0.39 is 10.0 Å². The predicted molar refractivity (Wildman–Crippen MR) is 161 cm³/mol. The number of hydrogen-bond acceptors (Lipinski definition) is 8. The minimum atomic E-state index is -4.07. The van der Waals surface area contributed by atoms with E-state index in [9.17, 15) is 13.2 Å². The molecule has 3 N–H and O–H groups in total. The average Bonchev–Trinajstić information content (AvgIpc) is 3.48. The molecule has 1 amide bonds. The van der Waals surface area contributed by atoms with Crippen LogP contribution in [0.25, 0.3) is 11.3 Å². The van der Waals surface area contributed by atoms with E-state index in [1.165, 1.54) is 18.6 Å². The molecule has 0 radical (unpaired) electrons. The number of rotatable bonds is 3. The highest BCUT2D eigenvalue weighted by molar-refractivity contribution is 7.92. The number of anilines is 1. The molecule has 1 aromatic heterocycles. The highest BCUT2D eigenvalue weighted by Crippen LogP contribution is 2.34. The quantitative estimate of drug-likeness (QED) is 0.424. The van der Waals surface area contributed by atoms with Gasteiger partial charge in [-0.3, -0.25) is 4.79 Å². The molecular formula is C31H38N6O4S. The molecule has 1 unspecified atom stereocenters. The van der Waals surface area contributed by atoms with Gasteiger partial charge in [-0.25, -0.2) is 18.1 Å². The van der Waals surface area contributed by atoms with Gasteiger partial charge in [-0.05, 0) is 94.5 Å². The number of amides is 1. The molecule has 3 aromatic rings. The van der Waals surface area contributed by atoms with Gasteiger partial charge >= 0.3 is 0 Å². The topological polar surface area (TPSA) is 126 Å². The monoisotopic (exact) mass is 590 g/mol. The van der Waals surface area contributed by atoms with Crippen LogP contribution in [0.4, 0.5) is 5.95 Å². The van der Waals surface area contributed by atoms with Crippen molar-refractivity contribution >= 4 is 21.9 Å². The lowest BCUT2D eigenvalue weighted by Crippen LogP contribution is -2.50.